The minimum absolute atomic E-state index is 0.209. The lowest BCUT2D eigenvalue weighted by Crippen LogP contribution is -2.52. The molecule has 0 fully saturated rings. The standard InChI is InChI=1S/C25H35N3O4S/c1-6-23(25(30)26-16-19(2)3)27(17-21-12-10-11-20(4)15-21)24(29)18-28(33(5,31)32)22-13-8-7-9-14-22/h7-15,19,23H,6,16-18H2,1-5H3,(H,26,30)/t23-/m0/s1. The van der Waals surface area contributed by atoms with Gasteiger partial charge in [0.2, 0.25) is 21.8 Å². The molecule has 1 N–H and O–H groups in total. The Morgan fingerprint density at radius 3 is 2.24 bits per heavy atom. The van der Waals surface area contributed by atoms with Gasteiger partial charge in [-0.2, -0.15) is 0 Å². The maximum absolute atomic E-state index is 13.5. The zero-order valence-electron chi connectivity index (χ0n) is 20.1. The normalized spacial score (nSPS) is 12.3. The van der Waals surface area contributed by atoms with Crippen LogP contribution < -0.4 is 9.62 Å². The lowest BCUT2D eigenvalue weighted by molar-refractivity contribution is -0.140. The van der Waals surface area contributed by atoms with Crippen molar-refractivity contribution in [2.24, 2.45) is 5.92 Å². The number of nitrogens with zero attached hydrogens (tertiary/aromatic N) is 2. The average molecular weight is 474 g/mol. The van der Waals surface area contributed by atoms with Gasteiger partial charge in [0.25, 0.3) is 0 Å². The van der Waals surface area contributed by atoms with E-state index in [1.807, 2.05) is 52.0 Å². The number of rotatable bonds is 11. The van der Waals surface area contributed by atoms with Crippen molar-refractivity contribution >= 4 is 27.5 Å². The van der Waals surface area contributed by atoms with E-state index in [0.717, 1.165) is 21.7 Å². The second-order valence-corrected chi connectivity index (χ2v) is 10.6. The van der Waals surface area contributed by atoms with Crippen molar-refractivity contribution in [3.8, 4) is 0 Å². The smallest absolute Gasteiger partial charge is 0.244 e. The number of anilines is 1. The number of benzene rings is 2. The van der Waals surface area contributed by atoms with E-state index in [1.165, 1.54) is 4.90 Å². The maximum Gasteiger partial charge on any atom is 0.244 e. The van der Waals surface area contributed by atoms with Crippen molar-refractivity contribution < 1.29 is 18.0 Å². The molecule has 0 unspecified atom stereocenters. The van der Waals surface area contributed by atoms with Crippen LogP contribution in [0.25, 0.3) is 0 Å². The number of aryl methyl sites for hydroxylation is 1. The molecule has 0 aromatic heterocycles. The van der Waals surface area contributed by atoms with E-state index in [1.54, 1.807) is 30.3 Å². The fraction of sp³-hybridized carbons (Fsp3) is 0.440. The Balaban J connectivity index is 2.39. The maximum atomic E-state index is 13.5. The number of carbonyl (C=O) groups excluding carboxylic acids is 2. The summed E-state index contributed by atoms with van der Waals surface area (Å²) < 4.78 is 26.1. The lowest BCUT2D eigenvalue weighted by Gasteiger charge is -2.33. The molecule has 0 aliphatic carbocycles. The number of para-hydroxylation sites is 1. The summed E-state index contributed by atoms with van der Waals surface area (Å²) in [5.41, 5.74) is 2.32. The minimum atomic E-state index is -3.71. The molecule has 0 aliphatic rings. The fourth-order valence-corrected chi connectivity index (χ4v) is 4.41. The molecule has 0 bridgehead atoms. The highest BCUT2D eigenvalue weighted by atomic mass is 32.2. The molecule has 8 heteroatoms. The topological polar surface area (TPSA) is 86.8 Å². The summed E-state index contributed by atoms with van der Waals surface area (Å²) in [6.07, 6.45) is 1.48. The Bertz CT molecular complexity index is 1040. The molecule has 2 rings (SSSR count). The van der Waals surface area contributed by atoms with E-state index in [9.17, 15) is 18.0 Å². The first-order chi connectivity index (χ1) is 15.5. The van der Waals surface area contributed by atoms with Crippen molar-refractivity contribution in [1.29, 1.82) is 0 Å². The van der Waals surface area contributed by atoms with E-state index in [-0.39, 0.29) is 24.9 Å². The summed E-state index contributed by atoms with van der Waals surface area (Å²) in [4.78, 5) is 28.0. The monoisotopic (exact) mass is 473 g/mol. The summed E-state index contributed by atoms with van der Waals surface area (Å²) in [7, 11) is -3.71. The van der Waals surface area contributed by atoms with Gasteiger partial charge >= 0.3 is 0 Å². The molecule has 0 heterocycles. The van der Waals surface area contributed by atoms with Gasteiger partial charge in [0, 0.05) is 13.1 Å². The second kappa shape index (κ2) is 11.8. The number of nitrogens with one attached hydrogen (secondary N) is 1. The van der Waals surface area contributed by atoms with Gasteiger partial charge in [-0.1, -0.05) is 68.8 Å². The van der Waals surface area contributed by atoms with Crippen LogP contribution in [0, 0.1) is 12.8 Å². The molecular formula is C25H35N3O4S. The molecule has 2 aromatic rings. The largest absolute Gasteiger partial charge is 0.354 e. The van der Waals surface area contributed by atoms with Crippen LogP contribution in [0.2, 0.25) is 0 Å². The Kier molecular flexibility index (Phi) is 9.46. The summed E-state index contributed by atoms with van der Waals surface area (Å²) in [5, 5.41) is 2.92. The highest BCUT2D eigenvalue weighted by Gasteiger charge is 2.31. The van der Waals surface area contributed by atoms with Crippen LogP contribution in [0.15, 0.2) is 54.6 Å². The molecule has 0 radical (unpaired) electrons. The third kappa shape index (κ3) is 7.89. The van der Waals surface area contributed by atoms with Gasteiger partial charge in [-0.25, -0.2) is 8.42 Å². The zero-order chi connectivity index (χ0) is 24.6. The van der Waals surface area contributed by atoms with Gasteiger partial charge in [0.05, 0.1) is 11.9 Å². The predicted octanol–water partition coefficient (Wildman–Crippen LogP) is 3.34. The van der Waals surface area contributed by atoms with Crippen molar-refractivity contribution in [1.82, 2.24) is 10.2 Å². The first kappa shape index (κ1) is 26.4. The minimum Gasteiger partial charge on any atom is -0.354 e. The number of hydrogen-bond donors (Lipinski definition) is 1. The fourth-order valence-electron chi connectivity index (χ4n) is 3.56. The van der Waals surface area contributed by atoms with E-state index in [2.05, 4.69) is 5.32 Å². The van der Waals surface area contributed by atoms with Gasteiger partial charge in [-0.3, -0.25) is 13.9 Å². The van der Waals surface area contributed by atoms with Crippen LogP contribution in [-0.4, -0.2) is 50.5 Å². The Labute approximate surface area is 197 Å². The van der Waals surface area contributed by atoms with E-state index < -0.39 is 22.0 Å². The van der Waals surface area contributed by atoms with Crippen LogP contribution in [-0.2, 0) is 26.2 Å². The quantitative estimate of drug-likeness (QED) is 0.542. The van der Waals surface area contributed by atoms with E-state index in [0.29, 0.717) is 18.7 Å². The van der Waals surface area contributed by atoms with Crippen LogP contribution in [0.4, 0.5) is 5.69 Å². The van der Waals surface area contributed by atoms with Gasteiger partial charge in [-0.15, -0.1) is 0 Å². The molecule has 2 aromatic carbocycles. The van der Waals surface area contributed by atoms with Crippen LogP contribution in [0.5, 0.6) is 0 Å². The molecule has 1 atom stereocenters. The summed E-state index contributed by atoms with van der Waals surface area (Å²) in [5.74, 6) is -0.402. The Hall–Kier alpha value is -2.87. The summed E-state index contributed by atoms with van der Waals surface area (Å²) in [6, 6.07) is 15.5. The average Bonchev–Trinajstić information content (AvgIpc) is 2.75. The molecule has 0 spiro atoms. The van der Waals surface area contributed by atoms with Crippen LogP contribution >= 0.6 is 0 Å². The third-order valence-corrected chi connectivity index (χ3v) is 6.37. The first-order valence-electron chi connectivity index (χ1n) is 11.2. The molecule has 2 amide bonds. The highest BCUT2D eigenvalue weighted by Crippen LogP contribution is 2.19. The van der Waals surface area contributed by atoms with Crippen molar-refractivity contribution in [2.75, 3.05) is 23.7 Å². The van der Waals surface area contributed by atoms with Crippen LogP contribution in [0.3, 0.4) is 0 Å². The SMILES string of the molecule is CC[C@@H](C(=O)NCC(C)C)N(Cc1cccc(C)c1)C(=O)CN(c1ccccc1)S(C)(=O)=O. The molecule has 0 aliphatic heterocycles. The summed E-state index contributed by atoms with van der Waals surface area (Å²) >= 11 is 0. The molecule has 0 saturated carbocycles. The molecule has 33 heavy (non-hydrogen) atoms. The predicted molar refractivity (Wildman–Crippen MR) is 132 cm³/mol. The van der Waals surface area contributed by atoms with Gasteiger partial charge in [0.1, 0.15) is 12.6 Å². The Morgan fingerprint density at radius 2 is 1.70 bits per heavy atom. The second-order valence-electron chi connectivity index (χ2n) is 8.68. The third-order valence-electron chi connectivity index (χ3n) is 5.23. The number of carbonyl (C=O) groups is 2. The van der Waals surface area contributed by atoms with Gasteiger partial charge in [-0.05, 0) is 37.0 Å². The zero-order valence-corrected chi connectivity index (χ0v) is 20.9. The number of hydrogen-bond acceptors (Lipinski definition) is 4. The highest BCUT2D eigenvalue weighted by molar-refractivity contribution is 7.92. The summed E-state index contributed by atoms with van der Waals surface area (Å²) in [6.45, 7) is 8.14. The number of sulfonamides is 1. The van der Waals surface area contributed by atoms with Gasteiger partial charge in [0.15, 0.2) is 0 Å². The lowest BCUT2D eigenvalue weighted by atomic mass is 10.1. The molecular weight excluding hydrogens is 438 g/mol. The van der Waals surface area contributed by atoms with E-state index in [4.69, 9.17) is 0 Å². The van der Waals surface area contributed by atoms with Crippen molar-refractivity contribution in [3.05, 3.63) is 65.7 Å². The Morgan fingerprint density at radius 1 is 1.03 bits per heavy atom. The molecule has 180 valence electrons. The van der Waals surface area contributed by atoms with Crippen LogP contribution in [0.1, 0.15) is 38.3 Å². The number of amides is 2. The van der Waals surface area contributed by atoms with Crippen molar-refractivity contribution in [2.45, 2.75) is 46.7 Å². The molecule has 0 saturated heterocycles. The first-order valence-corrected chi connectivity index (χ1v) is 13.0. The molecule has 7 nitrogen and oxygen atoms in total. The van der Waals surface area contributed by atoms with E-state index >= 15 is 0 Å². The van der Waals surface area contributed by atoms with Crippen molar-refractivity contribution in [3.63, 3.8) is 0 Å². The van der Waals surface area contributed by atoms with Gasteiger partial charge < -0.3 is 10.2 Å².